The first kappa shape index (κ1) is 13.8. The molecule has 21 heavy (non-hydrogen) atoms. The number of benzene rings is 2. The highest BCUT2D eigenvalue weighted by atomic mass is 32.2. The minimum Gasteiger partial charge on any atom is -0.303 e. The van der Waals surface area contributed by atoms with Gasteiger partial charge in [-0.15, -0.1) is 5.10 Å². The van der Waals surface area contributed by atoms with E-state index in [-0.39, 0.29) is 11.2 Å². The van der Waals surface area contributed by atoms with Crippen LogP contribution in [0.5, 0.6) is 0 Å². The monoisotopic (exact) mass is 297 g/mol. The van der Waals surface area contributed by atoms with Gasteiger partial charge >= 0.3 is 0 Å². The highest BCUT2D eigenvalue weighted by Gasteiger charge is 2.25. The molecule has 0 spiro atoms. The van der Waals surface area contributed by atoms with Crippen molar-refractivity contribution < 1.29 is 4.79 Å². The molecule has 1 fully saturated rings. The van der Waals surface area contributed by atoms with Gasteiger partial charge in [0.05, 0.1) is 11.0 Å². The van der Waals surface area contributed by atoms with Crippen LogP contribution in [-0.2, 0) is 4.79 Å². The predicted molar refractivity (Wildman–Crippen MR) is 88.8 cm³/mol. The van der Waals surface area contributed by atoms with Crippen LogP contribution < -0.4 is 5.32 Å². The largest absolute Gasteiger partial charge is 0.303 e. The molecule has 4 nitrogen and oxygen atoms in total. The van der Waals surface area contributed by atoms with Crippen LogP contribution in [0.1, 0.15) is 19.4 Å². The fourth-order valence-corrected chi connectivity index (χ4v) is 2.85. The van der Waals surface area contributed by atoms with Crippen molar-refractivity contribution in [1.82, 2.24) is 5.32 Å². The Morgan fingerprint density at radius 3 is 2.67 bits per heavy atom. The standard InChI is InChI=1S/C16H15N3OS/c1-10(18-19-16-17-15(20)11(2)21-16)13-8-7-12-5-3-4-6-14(12)9-13/h3-9,11H,1-2H3,(H,17,19,20)/b18-10+/t11-/m0/s1. The predicted octanol–water partition coefficient (Wildman–Crippen LogP) is 3.17. The van der Waals surface area contributed by atoms with Gasteiger partial charge < -0.3 is 5.32 Å². The molecular formula is C16H15N3OS. The van der Waals surface area contributed by atoms with Crippen molar-refractivity contribution in [1.29, 1.82) is 0 Å². The molecule has 5 heteroatoms. The van der Waals surface area contributed by atoms with Crippen molar-refractivity contribution in [2.75, 3.05) is 0 Å². The Balaban J connectivity index is 1.86. The summed E-state index contributed by atoms with van der Waals surface area (Å²) in [5.41, 5.74) is 1.85. The second-order valence-electron chi connectivity index (χ2n) is 4.90. The Hall–Kier alpha value is -2.14. The first-order valence-corrected chi connectivity index (χ1v) is 7.60. The molecule has 0 unspecified atom stereocenters. The van der Waals surface area contributed by atoms with Crippen LogP contribution in [0.3, 0.4) is 0 Å². The lowest BCUT2D eigenvalue weighted by atomic mass is 10.0. The molecule has 0 aromatic heterocycles. The summed E-state index contributed by atoms with van der Waals surface area (Å²) in [6.07, 6.45) is 0. The van der Waals surface area contributed by atoms with Crippen LogP contribution in [-0.4, -0.2) is 22.0 Å². The molecule has 0 aliphatic carbocycles. The smallest absolute Gasteiger partial charge is 0.239 e. The van der Waals surface area contributed by atoms with E-state index in [2.05, 4.69) is 39.8 Å². The first-order chi connectivity index (χ1) is 10.1. The lowest BCUT2D eigenvalue weighted by Crippen LogP contribution is -2.23. The van der Waals surface area contributed by atoms with E-state index in [9.17, 15) is 4.79 Å². The number of nitrogens with zero attached hydrogens (tertiary/aromatic N) is 2. The molecule has 2 aromatic rings. The van der Waals surface area contributed by atoms with Crippen LogP contribution in [0, 0.1) is 0 Å². The van der Waals surface area contributed by atoms with Crippen LogP contribution in [0.15, 0.2) is 52.7 Å². The van der Waals surface area contributed by atoms with E-state index in [4.69, 9.17) is 0 Å². The zero-order valence-corrected chi connectivity index (χ0v) is 12.6. The van der Waals surface area contributed by atoms with E-state index in [1.807, 2.05) is 32.0 Å². The number of carbonyl (C=O) groups excluding carboxylic acids is 1. The summed E-state index contributed by atoms with van der Waals surface area (Å²) in [5.74, 6) is -0.0164. The number of thioether (sulfide) groups is 1. The Kier molecular flexibility index (Phi) is 3.75. The van der Waals surface area contributed by atoms with Gasteiger partial charge in [0.15, 0.2) is 5.17 Å². The van der Waals surface area contributed by atoms with Gasteiger partial charge in [0.2, 0.25) is 5.91 Å². The van der Waals surface area contributed by atoms with Crippen molar-refractivity contribution in [3.8, 4) is 0 Å². The molecule has 0 bridgehead atoms. The van der Waals surface area contributed by atoms with E-state index < -0.39 is 0 Å². The average Bonchev–Trinajstić information content (AvgIpc) is 2.83. The third-order valence-electron chi connectivity index (χ3n) is 3.35. The van der Waals surface area contributed by atoms with Crippen molar-refractivity contribution >= 4 is 39.3 Å². The van der Waals surface area contributed by atoms with Gasteiger partial charge in [-0.1, -0.05) is 48.2 Å². The maximum absolute atomic E-state index is 11.4. The molecule has 0 saturated carbocycles. The molecular weight excluding hydrogens is 282 g/mol. The maximum Gasteiger partial charge on any atom is 0.239 e. The summed E-state index contributed by atoms with van der Waals surface area (Å²) < 4.78 is 0. The summed E-state index contributed by atoms with van der Waals surface area (Å²) in [5, 5.41) is 13.9. The van der Waals surface area contributed by atoms with Crippen molar-refractivity contribution in [2.24, 2.45) is 10.2 Å². The second kappa shape index (κ2) is 5.69. The zero-order chi connectivity index (χ0) is 14.8. The lowest BCUT2D eigenvalue weighted by molar-refractivity contribution is -0.118. The number of amides is 1. The van der Waals surface area contributed by atoms with E-state index in [0.29, 0.717) is 5.17 Å². The summed E-state index contributed by atoms with van der Waals surface area (Å²) in [4.78, 5) is 11.4. The van der Waals surface area contributed by atoms with Gasteiger partial charge in [-0.2, -0.15) is 5.10 Å². The van der Waals surface area contributed by atoms with E-state index in [1.54, 1.807) is 0 Å². The van der Waals surface area contributed by atoms with Gasteiger partial charge in [-0.25, -0.2) is 0 Å². The van der Waals surface area contributed by atoms with Gasteiger partial charge in [-0.3, -0.25) is 4.79 Å². The van der Waals surface area contributed by atoms with E-state index in [1.165, 1.54) is 22.5 Å². The third-order valence-corrected chi connectivity index (χ3v) is 4.32. The number of hydrogen-bond acceptors (Lipinski definition) is 4. The topological polar surface area (TPSA) is 53.8 Å². The van der Waals surface area contributed by atoms with Crippen LogP contribution >= 0.6 is 11.8 Å². The van der Waals surface area contributed by atoms with Crippen LogP contribution in [0.25, 0.3) is 10.8 Å². The van der Waals surface area contributed by atoms with E-state index >= 15 is 0 Å². The Morgan fingerprint density at radius 1 is 1.19 bits per heavy atom. The summed E-state index contributed by atoms with van der Waals surface area (Å²) in [6.45, 7) is 3.77. The van der Waals surface area contributed by atoms with Crippen LogP contribution in [0.2, 0.25) is 0 Å². The summed E-state index contributed by atoms with van der Waals surface area (Å²) in [6, 6.07) is 14.4. The Bertz CT molecular complexity index is 767. The summed E-state index contributed by atoms with van der Waals surface area (Å²) in [7, 11) is 0. The van der Waals surface area contributed by atoms with Gasteiger partial charge in [0.25, 0.3) is 0 Å². The van der Waals surface area contributed by atoms with Crippen molar-refractivity contribution in [3.63, 3.8) is 0 Å². The molecule has 1 N–H and O–H groups in total. The number of fused-ring (bicyclic) bond motifs is 1. The lowest BCUT2D eigenvalue weighted by Gasteiger charge is -2.02. The molecule has 2 aromatic carbocycles. The summed E-state index contributed by atoms with van der Waals surface area (Å²) >= 11 is 1.40. The van der Waals surface area contributed by atoms with Gasteiger partial charge in [0, 0.05) is 0 Å². The molecule has 106 valence electrons. The number of amidine groups is 1. The number of nitrogens with one attached hydrogen (secondary N) is 1. The third kappa shape index (κ3) is 2.97. The number of hydrogen-bond donors (Lipinski definition) is 1. The molecule has 3 rings (SSSR count). The molecule has 0 radical (unpaired) electrons. The Labute approximate surface area is 127 Å². The van der Waals surface area contributed by atoms with Crippen molar-refractivity contribution in [3.05, 3.63) is 48.0 Å². The minimum absolute atomic E-state index is 0.0164. The number of carbonyl (C=O) groups is 1. The fraction of sp³-hybridized carbons (Fsp3) is 0.188. The quantitative estimate of drug-likeness (QED) is 0.684. The zero-order valence-electron chi connectivity index (χ0n) is 11.8. The molecule has 1 heterocycles. The molecule has 1 amide bonds. The average molecular weight is 297 g/mol. The normalized spacial score (nSPS) is 21.0. The van der Waals surface area contributed by atoms with Crippen LogP contribution in [0.4, 0.5) is 0 Å². The highest BCUT2D eigenvalue weighted by Crippen LogP contribution is 2.19. The molecule has 1 aliphatic rings. The van der Waals surface area contributed by atoms with Gasteiger partial charge in [-0.05, 0) is 36.2 Å². The van der Waals surface area contributed by atoms with E-state index in [0.717, 1.165) is 11.3 Å². The van der Waals surface area contributed by atoms with Crippen molar-refractivity contribution in [2.45, 2.75) is 19.1 Å². The second-order valence-corrected chi connectivity index (χ2v) is 6.23. The highest BCUT2D eigenvalue weighted by molar-refractivity contribution is 8.15. The first-order valence-electron chi connectivity index (χ1n) is 6.72. The Morgan fingerprint density at radius 2 is 1.95 bits per heavy atom. The fourth-order valence-electron chi connectivity index (χ4n) is 2.10. The number of rotatable bonds is 2. The SMILES string of the molecule is C/C(=N\N=C1/NC(=O)[C@H](C)S1)c1ccc2ccccc2c1. The molecule has 1 aliphatic heterocycles. The molecule has 1 saturated heterocycles. The molecule has 1 atom stereocenters. The maximum atomic E-state index is 11.4. The van der Waals surface area contributed by atoms with Gasteiger partial charge in [0.1, 0.15) is 0 Å². The minimum atomic E-state index is -0.0973.